The van der Waals surface area contributed by atoms with Crippen LogP contribution in [0, 0.1) is 0 Å². The van der Waals surface area contributed by atoms with Crippen LogP contribution in [0.3, 0.4) is 0 Å². The second-order valence-corrected chi connectivity index (χ2v) is 2.64. The maximum Gasteiger partial charge on any atom is 0.219 e. The molecule has 4 nitrogen and oxygen atoms in total. The first-order valence-electron chi connectivity index (χ1n) is 3.41. The van der Waals surface area contributed by atoms with E-state index in [1.54, 1.807) is 12.3 Å². The van der Waals surface area contributed by atoms with Crippen molar-refractivity contribution in [3.63, 3.8) is 0 Å². The molecule has 0 aliphatic rings. The Kier molecular flexibility index (Phi) is 4.29. The van der Waals surface area contributed by atoms with Gasteiger partial charge in [-0.15, -0.1) is 0 Å². The predicted octanol–water partition coefficient (Wildman–Crippen LogP) is -0.736. The average molecular weight is 157 g/mol. The van der Waals surface area contributed by atoms with Crippen LogP contribution in [0.1, 0.15) is 6.42 Å². The molecule has 0 heterocycles. The number of rotatable bonds is 4. The minimum atomic E-state index is -0.374. The highest BCUT2D eigenvalue weighted by atomic mass is 16.1. The van der Waals surface area contributed by atoms with Gasteiger partial charge in [-0.05, 0) is 6.20 Å². The van der Waals surface area contributed by atoms with Gasteiger partial charge in [0.15, 0.2) is 0 Å². The Bertz CT molecular complexity index is 154. The summed E-state index contributed by atoms with van der Waals surface area (Å²) in [6.07, 6.45) is 3.74. The normalized spacial score (nSPS) is 13.4. The van der Waals surface area contributed by atoms with Gasteiger partial charge in [0.1, 0.15) is 0 Å². The molecule has 64 valence electrons. The quantitative estimate of drug-likeness (QED) is 0.565. The van der Waals surface area contributed by atoms with Crippen LogP contribution in [-0.4, -0.2) is 30.9 Å². The average Bonchev–Trinajstić information content (AvgIpc) is 1.82. The summed E-state index contributed by atoms with van der Waals surface area (Å²) >= 11 is 0. The van der Waals surface area contributed by atoms with E-state index in [-0.39, 0.29) is 18.4 Å². The Balaban J connectivity index is 3.68. The Morgan fingerprint density at radius 2 is 2.18 bits per heavy atom. The minimum Gasteiger partial charge on any atom is -0.384 e. The van der Waals surface area contributed by atoms with Crippen molar-refractivity contribution < 1.29 is 4.79 Å². The first kappa shape index (κ1) is 9.97. The standard InChI is InChI=1S/C7H15N3O/c1-10(2)4-3-6(8)5-7(9)11/h3-4,6H,5,8H2,1-2H3,(H2,9,11). The zero-order valence-corrected chi connectivity index (χ0v) is 6.95. The smallest absolute Gasteiger partial charge is 0.219 e. The van der Waals surface area contributed by atoms with Crippen LogP contribution in [-0.2, 0) is 4.79 Å². The molecule has 0 aromatic carbocycles. The van der Waals surface area contributed by atoms with Crippen molar-refractivity contribution in [2.24, 2.45) is 11.5 Å². The van der Waals surface area contributed by atoms with Crippen molar-refractivity contribution in [3.05, 3.63) is 12.3 Å². The lowest BCUT2D eigenvalue weighted by Crippen LogP contribution is -2.25. The number of primary amides is 1. The van der Waals surface area contributed by atoms with Crippen LogP contribution in [0.2, 0.25) is 0 Å². The third kappa shape index (κ3) is 6.86. The molecule has 0 bridgehead atoms. The fraction of sp³-hybridized carbons (Fsp3) is 0.571. The van der Waals surface area contributed by atoms with Crippen molar-refractivity contribution in [1.29, 1.82) is 0 Å². The molecule has 0 saturated heterocycles. The van der Waals surface area contributed by atoms with Crippen molar-refractivity contribution >= 4 is 5.91 Å². The number of nitrogens with two attached hydrogens (primary N) is 2. The molecule has 0 spiro atoms. The van der Waals surface area contributed by atoms with Gasteiger partial charge in [0.05, 0.1) is 0 Å². The SMILES string of the molecule is CN(C)C=CC(N)CC(N)=O. The highest BCUT2D eigenvalue weighted by Gasteiger charge is 2.00. The number of hydrogen-bond donors (Lipinski definition) is 2. The monoisotopic (exact) mass is 157 g/mol. The van der Waals surface area contributed by atoms with E-state index in [1.165, 1.54) is 0 Å². The molecule has 1 unspecified atom stereocenters. The zero-order valence-electron chi connectivity index (χ0n) is 6.95. The van der Waals surface area contributed by atoms with Crippen LogP contribution in [0.4, 0.5) is 0 Å². The first-order chi connectivity index (χ1) is 5.02. The molecule has 11 heavy (non-hydrogen) atoms. The van der Waals surface area contributed by atoms with Crippen LogP contribution >= 0.6 is 0 Å². The van der Waals surface area contributed by atoms with Crippen molar-refractivity contribution in [2.75, 3.05) is 14.1 Å². The molecule has 4 N–H and O–H groups in total. The molecular formula is C7H15N3O. The molecule has 1 atom stereocenters. The lowest BCUT2D eigenvalue weighted by Gasteiger charge is -2.06. The summed E-state index contributed by atoms with van der Waals surface area (Å²) in [7, 11) is 3.76. The summed E-state index contributed by atoms with van der Waals surface area (Å²) in [5.41, 5.74) is 10.4. The fourth-order valence-corrected chi connectivity index (χ4v) is 0.583. The molecule has 4 heteroatoms. The van der Waals surface area contributed by atoms with Gasteiger partial charge in [0, 0.05) is 26.6 Å². The highest BCUT2D eigenvalue weighted by Crippen LogP contribution is 1.89. The summed E-state index contributed by atoms with van der Waals surface area (Å²) in [6.45, 7) is 0. The fourth-order valence-electron chi connectivity index (χ4n) is 0.583. The molecule has 0 rings (SSSR count). The van der Waals surface area contributed by atoms with E-state index in [2.05, 4.69) is 0 Å². The van der Waals surface area contributed by atoms with E-state index in [0.29, 0.717) is 0 Å². The van der Waals surface area contributed by atoms with Crippen LogP contribution < -0.4 is 11.5 Å². The summed E-state index contributed by atoms with van der Waals surface area (Å²) < 4.78 is 0. The lowest BCUT2D eigenvalue weighted by molar-refractivity contribution is -0.118. The molecule has 0 aliphatic carbocycles. The van der Waals surface area contributed by atoms with Crippen LogP contribution in [0.15, 0.2) is 12.3 Å². The van der Waals surface area contributed by atoms with Gasteiger partial charge < -0.3 is 16.4 Å². The maximum absolute atomic E-state index is 10.3. The van der Waals surface area contributed by atoms with Crippen LogP contribution in [0.25, 0.3) is 0 Å². The molecule has 0 aromatic heterocycles. The molecule has 0 saturated carbocycles. The highest BCUT2D eigenvalue weighted by molar-refractivity contribution is 5.74. The lowest BCUT2D eigenvalue weighted by atomic mass is 10.2. The number of carbonyl (C=O) groups is 1. The Morgan fingerprint density at radius 1 is 1.64 bits per heavy atom. The third-order valence-corrected chi connectivity index (χ3v) is 1.07. The molecular weight excluding hydrogens is 142 g/mol. The molecule has 0 aliphatic heterocycles. The second kappa shape index (κ2) is 4.73. The number of carbonyl (C=O) groups excluding carboxylic acids is 1. The van der Waals surface area contributed by atoms with Gasteiger partial charge in [0.2, 0.25) is 5.91 Å². The number of nitrogens with zero attached hydrogens (tertiary/aromatic N) is 1. The van der Waals surface area contributed by atoms with E-state index < -0.39 is 0 Å². The third-order valence-electron chi connectivity index (χ3n) is 1.07. The van der Waals surface area contributed by atoms with Crippen molar-refractivity contribution in [2.45, 2.75) is 12.5 Å². The van der Waals surface area contributed by atoms with E-state index >= 15 is 0 Å². The van der Waals surface area contributed by atoms with E-state index in [4.69, 9.17) is 11.5 Å². The van der Waals surface area contributed by atoms with Crippen molar-refractivity contribution in [1.82, 2.24) is 4.90 Å². The largest absolute Gasteiger partial charge is 0.384 e. The predicted molar refractivity (Wildman–Crippen MR) is 44.6 cm³/mol. The number of hydrogen-bond acceptors (Lipinski definition) is 3. The summed E-state index contributed by atoms with van der Waals surface area (Å²) in [5.74, 6) is -0.374. The summed E-state index contributed by atoms with van der Waals surface area (Å²) in [5, 5.41) is 0. The van der Waals surface area contributed by atoms with Crippen molar-refractivity contribution in [3.8, 4) is 0 Å². The molecule has 0 radical (unpaired) electrons. The Morgan fingerprint density at radius 3 is 2.55 bits per heavy atom. The zero-order chi connectivity index (χ0) is 8.85. The first-order valence-corrected chi connectivity index (χ1v) is 3.41. The Labute approximate surface area is 66.8 Å². The molecule has 0 fully saturated rings. The second-order valence-electron chi connectivity index (χ2n) is 2.64. The van der Waals surface area contributed by atoms with Gasteiger partial charge in [-0.25, -0.2) is 0 Å². The minimum absolute atomic E-state index is 0.199. The van der Waals surface area contributed by atoms with Gasteiger partial charge in [-0.1, -0.05) is 6.08 Å². The summed E-state index contributed by atoms with van der Waals surface area (Å²) in [6, 6.07) is -0.269. The van der Waals surface area contributed by atoms with Gasteiger partial charge in [-0.3, -0.25) is 4.79 Å². The van der Waals surface area contributed by atoms with Crippen LogP contribution in [0.5, 0.6) is 0 Å². The van der Waals surface area contributed by atoms with E-state index in [0.717, 1.165) is 0 Å². The van der Waals surface area contributed by atoms with Gasteiger partial charge in [-0.2, -0.15) is 0 Å². The van der Waals surface area contributed by atoms with Gasteiger partial charge >= 0.3 is 0 Å². The summed E-state index contributed by atoms with van der Waals surface area (Å²) in [4.78, 5) is 12.2. The Hall–Kier alpha value is -1.03. The molecule has 1 amide bonds. The van der Waals surface area contributed by atoms with E-state index in [1.807, 2.05) is 19.0 Å². The number of amides is 1. The maximum atomic E-state index is 10.3. The van der Waals surface area contributed by atoms with E-state index in [9.17, 15) is 4.79 Å². The van der Waals surface area contributed by atoms with Gasteiger partial charge in [0.25, 0.3) is 0 Å². The molecule has 0 aromatic rings. The topological polar surface area (TPSA) is 72.3 Å².